The summed E-state index contributed by atoms with van der Waals surface area (Å²) in [5, 5.41) is 9.36. The average Bonchev–Trinajstić information content (AvgIpc) is 3.22. The predicted molar refractivity (Wildman–Crippen MR) is 66.8 cm³/mol. The normalized spacial score (nSPS) is 14.4. The number of carbonyl (C=O) groups excluding carboxylic acids is 1. The lowest BCUT2D eigenvalue weighted by molar-refractivity contribution is 0.0598. The Kier molecular flexibility index (Phi) is 3.87. The molecule has 1 saturated carbocycles. The van der Waals surface area contributed by atoms with Gasteiger partial charge >= 0.3 is 5.97 Å². The summed E-state index contributed by atoms with van der Waals surface area (Å²) in [5.41, 5.74) is 2.25. The van der Waals surface area contributed by atoms with Crippen LogP contribution in [0.4, 0.5) is 0 Å². The van der Waals surface area contributed by atoms with Gasteiger partial charge < -0.3 is 14.6 Å². The lowest BCUT2D eigenvalue weighted by Crippen LogP contribution is -2.08. The quantitative estimate of drug-likeness (QED) is 0.814. The molecular formula is C14H18O4. The standard InChI is InChI=1S/C14H18O4/c1-3-18-13-7-12(14(16)17-2)11(9-4-5-9)6-10(13)8-15/h6-7,9,15H,3-5,8H2,1-2H3. The fraction of sp³-hybridized carbons (Fsp3) is 0.500. The zero-order valence-electron chi connectivity index (χ0n) is 10.7. The van der Waals surface area contributed by atoms with E-state index in [2.05, 4.69) is 0 Å². The molecule has 0 bridgehead atoms. The van der Waals surface area contributed by atoms with Crippen molar-refractivity contribution in [2.45, 2.75) is 32.3 Å². The van der Waals surface area contributed by atoms with Gasteiger partial charge in [-0.3, -0.25) is 0 Å². The monoisotopic (exact) mass is 250 g/mol. The molecule has 18 heavy (non-hydrogen) atoms. The molecule has 4 nitrogen and oxygen atoms in total. The molecule has 98 valence electrons. The van der Waals surface area contributed by atoms with Crippen LogP contribution in [0.25, 0.3) is 0 Å². The number of rotatable bonds is 5. The Morgan fingerprint density at radius 2 is 2.17 bits per heavy atom. The van der Waals surface area contributed by atoms with Gasteiger partial charge in [0.15, 0.2) is 0 Å². The van der Waals surface area contributed by atoms with E-state index in [1.165, 1.54) is 7.11 Å². The minimum Gasteiger partial charge on any atom is -0.493 e. The molecule has 1 aromatic rings. The Bertz CT molecular complexity index is 449. The molecule has 0 aromatic heterocycles. The first-order valence-electron chi connectivity index (χ1n) is 6.20. The molecule has 0 spiro atoms. The summed E-state index contributed by atoms with van der Waals surface area (Å²) in [7, 11) is 1.37. The first kappa shape index (κ1) is 12.9. The minimum absolute atomic E-state index is 0.0868. The molecular weight excluding hydrogens is 232 g/mol. The highest BCUT2D eigenvalue weighted by molar-refractivity contribution is 5.92. The molecule has 0 unspecified atom stereocenters. The Morgan fingerprint density at radius 1 is 1.44 bits per heavy atom. The molecule has 2 rings (SSSR count). The van der Waals surface area contributed by atoms with E-state index >= 15 is 0 Å². The van der Waals surface area contributed by atoms with Gasteiger partial charge in [0.1, 0.15) is 5.75 Å². The van der Waals surface area contributed by atoms with E-state index in [1.54, 1.807) is 6.07 Å². The minimum atomic E-state index is -0.345. The summed E-state index contributed by atoms with van der Waals surface area (Å²) in [4.78, 5) is 11.8. The molecule has 0 heterocycles. The Hall–Kier alpha value is -1.55. The number of methoxy groups -OCH3 is 1. The maximum absolute atomic E-state index is 11.8. The van der Waals surface area contributed by atoms with Crippen molar-refractivity contribution in [2.24, 2.45) is 0 Å². The number of esters is 1. The van der Waals surface area contributed by atoms with Crippen LogP contribution in [0.3, 0.4) is 0 Å². The van der Waals surface area contributed by atoms with Crippen molar-refractivity contribution in [3.63, 3.8) is 0 Å². The van der Waals surface area contributed by atoms with E-state index < -0.39 is 0 Å². The third kappa shape index (κ3) is 2.48. The van der Waals surface area contributed by atoms with Gasteiger partial charge in [0, 0.05) is 5.56 Å². The van der Waals surface area contributed by atoms with E-state index in [0.29, 0.717) is 23.8 Å². The second kappa shape index (κ2) is 5.40. The molecule has 1 aliphatic rings. The Balaban J connectivity index is 2.47. The van der Waals surface area contributed by atoms with Crippen molar-refractivity contribution in [2.75, 3.05) is 13.7 Å². The molecule has 0 saturated heterocycles. The van der Waals surface area contributed by atoms with Crippen molar-refractivity contribution >= 4 is 5.97 Å². The van der Waals surface area contributed by atoms with Gasteiger partial charge in [-0.1, -0.05) is 0 Å². The van der Waals surface area contributed by atoms with Crippen molar-refractivity contribution in [3.8, 4) is 5.75 Å². The highest BCUT2D eigenvalue weighted by Crippen LogP contribution is 2.43. The van der Waals surface area contributed by atoms with E-state index in [1.807, 2.05) is 13.0 Å². The Labute approximate surface area is 107 Å². The largest absolute Gasteiger partial charge is 0.493 e. The number of aliphatic hydroxyl groups is 1. The SMILES string of the molecule is CCOc1cc(C(=O)OC)c(C2CC2)cc1CO. The van der Waals surface area contributed by atoms with Crippen molar-refractivity contribution < 1.29 is 19.4 Å². The lowest BCUT2D eigenvalue weighted by Gasteiger charge is -2.14. The van der Waals surface area contributed by atoms with Crippen LogP contribution < -0.4 is 4.74 Å². The van der Waals surface area contributed by atoms with Crippen molar-refractivity contribution in [1.82, 2.24) is 0 Å². The predicted octanol–water partition coefficient (Wildman–Crippen LogP) is 2.24. The van der Waals surface area contributed by atoms with Crippen LogP contribution in [0.1, 0.15) is 47.2 Å². The average molecular weight is 250 g/mol. The summed E-state index contributed by atoms with van der Waals surface area (Å²) >= 11 is 0. The van der Waals surface area contributed by atoms with Gasteiger partial charge in [0.05, 0.1) is 25.9 Å². The van der Waals surface area contributed by atoms with Crippen LogP contribution in [-0.4, -0.2) is 24.8 Å². The zero-order chi connectivity index (χ0) is 13.1. The molecule has 0 atom stereocenters. The summed E-state index contributed by atoms with van der Waals surface area (Å²) in [5.74, 6) is 0.632. The summed E-state index contributed by atoms with van der Waals surface area (Å²) in [6.07, 6.45) is 2.17. The van der Waals surface area contributed by atoms with Crippen molar-refractivity contribution in [3.05, 3.63) is 28.8 Å². The lowest BCUT2D eigenvalue weighted by atomic mass is 9.99. The first-order valence-corrected chi connectivity index (χ1v) is 6.20. The van der Waals surface area contributed by atoms with E-state index in [9.17, 15) is 9.90 Å². The second-order valence-corrected chi connectivity index (χ2v) is 4.40. The molecule has 4 heteroatoms. The first-order chi connectivity index (χ1) is 8.71. The summed E-state index contributed by atoms with van der Waals surface area (Å²) in [6.45, 7) is 2.28. The number of hydrogen-bond acceptors (Lipinski definition) is 4. The van der Waals surface area contributed by atoms with Crippen LogP contribution in [0.5, 0.6) is 5.75 Å². The third-order valence-electron chi connectivity index (χ3n) is 3.13. The number of benzene rings is 1. The third-order valence-corrected chi connectivity index (χ3v) is 3.13. The van der Waals surface area contributed by atoms with E-state index in [4.69, 9.17) is 9.47 Å². The number of carbonyl (C=O) groups is 1. The molecule has 1 N–H and O–H groups in total. The van der Waals surface area contributed by atoms with Gasteiger partial charge in [-0.05, 0) is 43.4 Å². The van der Waals surface area contributed by atoms with E-state index in [-0.39, 0.29) is 12.6 Å². The highest BCUT2D eigenvalue weighted by Gasteiger charge is 2.29. The molecule has 1 aliphatic carbocycles. The maximum Gasteiger partial charge on any atom is 0.338 e. The smallest absolute Gasteiger partial charge is 0.338 e. The molecule has 0 radical (unpaired) electrons. The van der Waals surface area contributed by atoms with Gasteiger partial charge in [0.2, 0.25) is 0 Å². The summed E-state index contributed by atoms with van der Waals surface area (Å²) in [6, 6.07) is 3.56. The van der Waals surface area contributed by atoms with Crippen LogP contribution in [0, 0.1) is 0 Å². The molecule has 1 aromatic carbocycles. The highest BCUT2D eigenvalue weighted by atomic mass is 16.5. The topological polar surface area (TPSA) is 55.8 Å². The number of hydrogen-bond donors (Lipinski definition) is 1. The number of ether oxygens (including phenoxy) is 2. The molecule has 0 amide bonds. The Morgan fingerprint density at radius 3 is 2.67 bits per heavy atom. The van der Waals surface area contributed by atoms with Gasteiger partial charge in [-0.25, -0.2) is 4.79 Å². The maximum atomic E-state index is 11.8. The van der Waals surface area contributed by atoms with Gasteiger partial charge in [-0.2, -0.15) is 0 Å². The van der Waals surface area contributed by atoms with Gasteiger partial charge in [-0.15, -0.1) is 0 Å². The fourth-order valence-corrected chi connectivity index (χ4v) is 2.08. The fourth-order valence-electron chi connectivity index (χ4n) is 2.08. The van der Waals surface area contributed by atoms with Crippen molar-refractivity contribution in [1.29, 1.82) is 0 Å². The van der Waals surface area contributed by atoms with Gasteiger partial charge in [0.25, 0.3) is 0 Å². The van der Waals surface area contributed by atoms with Crippen LogP contribution >= 0.6 is 0 Å². The number of aliphatic hydroxyl groups excluding tert-OH is 1. The van der Waals surface area contributed by atoms with Crippen LogP contribution in [0.15, 0.2) is 12.1 Å². The molecule has 0 aliphatic heterocycles. The molecule has 1 fully saturated rings. The zero-order valence-corrected chi connectivity index (χ0v) is 10.7. The second-order valence-electron chi connectivity index (χ2n) is 4.40. The van der Waals surface area contributed by atoms with E-state index in [0.717, 1.165) is 24.0 Å². The van der Waals surface area contributed by atoms with Crippen LogP contribution in [0.2, 0.25) is 0 Å². The van der Waals surface area contributed by atoms with Crippen LogP contribution in [-0.2, 0) is 11.3 Å². The summed E-state index contributed by atoms with van der Waals surface area (Å²) < 4.78 is 10.3.